The summed E-state index contributed by atoms with van der Waals surface area (Å²) in [5.74, 6) is 1.72. The standard InChI is InChI=1S/C16H25NO2/c1-8-9-12(2)15(3)10-13(18-6)14(19-7)11-16(15,4)17-5/h8-9H,2,5,10-11H2,1,3-4,6-7H3/b9-8-. The molecule has 0 aromatic rings. The highest BCUT2D eigenvalue weighted by molar-refractivity contribution is 5.38. The Hall–Kier alpha value is -1.51. The molecule has 106 valence electrons. The van der Waals surface area contributed by atoms with Crippen molar-refractivity contribution in [1.82, 2.24) is 0 Å². The van der Waals surface area contributed by atoms with Gasteiger partial charge in [0.15, 0.2) is 0 Å². The van der Waals surface area contributed by atoms with Gasteiger partial charge in [0.2, 0.25) is 0 Å². The number of methoxy groups -OCH3 is 2. The van der Waals surface area contributed by atoms with Crippen molar-refractivity contribution in [2.24, 2.45) is 10.4 Å². The average Bonchev–Trinajstić information content (AvgIpc) is 2.41. The molecule has 3 heteroatoms. The molecular formula is C16H25NO2. The molecule has 3 nitrogen and oxygen atoms in total. The van der Waals surface area contributed by atoms with E-state index in [0.29, 0.717) is 12.8 Å². The van der Waals surface area contributed by atoms with E-state index < -0.39 is 0 Å². The molecule has 0 aliphatic heterocycles. The second kappa shape index (κ2) is 5.64. The quantitative estimate of drug-likeness (QED) is 0.556. The molecule has 0 radical (unpaired) electrons. The van der Waals surface area contributed by atoms with E-state index in [-0.39, 0.29) is 11.0 Å². The first-order chi connectivity index (χ1) is 8.88. The SMILES string of the molecule is C=NC1(C)CC(OC)=C(OC)CC1(C)C(=C)/C=C\C. The number of nitrogens with zero attached hydrogens (tertiary/aromatic N) is 1. The zero-order valence-electron chi connectivity index (χ0n) is 12.7. The van der Waals surface area contributed by atoms with Crippen LogP contribution in [0.3, 0.4) is 0 Å². The summed E-state index contributed by atoms with van der Waals surface area (Å²) in [6, 6.07) is 0. The highest BCUT2D eigenvalue weighted by Crippen LogP contribution is 2.52. The van der Waals surface area contributed by atoms with Gasteiger partial charge in [-0.1, -0.05) is 25.7 Å². The zero-order chi connectivity index (χ0) is 14.7. The van der Waals surface area contributed by atoms with Crippen molar-refractivity contribution < 1.29 is 9.47 Å². The van der Waals surface area contributed by atoms with Crippen molar-refractivity contribution in [3.05, 3.63) is 35.8 Å². The van der Waals surface area contributed by atoms with Gasteiger partial charge in [-0.15, -0.1) is 0 Å². The highest BCUT2D eigenvalue weighted by Gasteiger charge is 2.50. The van der Waals surface area contributed by atoms with Crippen LogP contribution < -0.4 is 0 Å². The summed E-state index contributed by atoms with van der Waals surface area (Å²) in [6.45, 7) is 14.2. The van der Waals surface area contributed by atoms with Crippen LogP contribution in [0.25, 0.3) is 0 Å². The number of hydrogen-bond donors (Lipinski definition) is 0. The summed E-state index contributed by atoms with van der Waals surface area (Å²) in [7, 11) is 3.35. The number of rotatable bonds is 5. The van der Waals surface area contributed by atoms with E-state index in [1.165, 1.54) is 0 Å². The Morgan fingerprint density at radius 2 is 1.74 bits per heavy atom. The van der Waals surface area contributed by atoms with Crippen molar-refractivity contribution in [2.75, 3.05) is 14.2 Å². The van der Waals surface area contributed by atoms with Crippen molar-refractivity contribution in [3.63, 3.8) is 0 Å². The number of aliphatic imine (C=N–C) groups is 1. The lowest BCUT2D eigenvalue weighted by atomic mass is 9.61. The Labute approximate surface area is 116 Å². The van der Waals surface area contributed by atoms with Gasteiger partial charge in [0.1, 0.15) is 11.5 Å². The molecule has 1 rings (SSSR count). The van der Waals surface area contributed by atoms with E-state index in [9.17, 15) is 0 Å². The number of allylic oxidation sites excluding steroid dienone is 3. The van der Waals surface area contributed by atoms with Gasteiger partial charge in [0, 0.05) is 18.3 Å². The molecule has 1 aliphatic carbocycles. The van der Waals surface area contributed by atoms with Gasteiger partial charge in [0.05, 0.1) is 19.8 Å². The second-order valence-corrected chi connectivity index (χ2v) is 5.40. The molecule has 2 atom stereocenters. The van der Waals surface area contributed by atoms with Crippen molar-refractivity contribution in [3.8, 4) is 0 Å². The van der Waals surface area contributed by atoms with E-state index in [1.54, 1.807) is 14.2 Å². The molecule has 0 fully saturated rings. The normalized spacial score (nSPS) is 31.4. The van der Waals surface area contributed by atoms with E-state index in [1.807, 2.05) is 19.1 Å². The molecular weight excluding hydrogens is 238 g/mol. The molecule has 0 aromatic heterocycles. The smallest absolute Gasteiger partial charge is 0.135 e. The van der Waals surface area contributed by atoms with Crippen LogP contribution >= 0.6 is 0 Å². The molecule has 0 saturated heterocycles. The lowest BCUT2D eigenvalue weighted by Crippen LogP contribution is -2.47. The topological polar surface area (TPSA) is 30.8 Å². The minimum absolute atomic E-state index is 0.228. The fraction of sp³-hybridized carbons (Fsp3) is 0.562. The maximum absolute atomic E-state index is 5.48. The average molecular weight is 263 g/mol. The van der Waals surface area contributed by atoms with Crippen LogP contribution in [-0.2, 0) is 9.47 Å². The van der Waals surface area contributed by atoms with Gasteiger partial charge in [-0.05, 0) is 26.1 Å². The minimum atomic E-state index is -0.350. The fourth-order valence-electron chi connectivity index (χ4n) is 2.66. The molecule has 0 saturated carbocycles. The van der Waals surface area contributed by atoms with Crippen molar-refractivity contribution in [1.29, 1.82) is 0 Å². The highest BCUT2D eigenvalue weighted by atomic mass is 16.5. The lowest BCUT2D eigenvalue weighted by molar-refractivity contribution is 0.0964. The monoisotopic (exact) mass is 263 g/mol. The summed E-state index contributed by atoms with van der Waals surface area (Å²) < 4.78 is 10.9. The van der Waals surface area contributed by atoms with E-state index in [2.05, 4.69) is 32.1 Å². The van der Waals surface area contributed by atoms with Gasteiger partial charge in [-0.2, -0.15) is 0 Å². The first-order valence-corrected chi connectivity index (χ1v) is 6.48. The predicted molar refractivity (Wildman–Crippen MR) is 80.3 cm³/mol. The fourth-order valence-corrected chi connectivity index (χ4v) is 2.66. The van der Waals surface area contributed by atoms with Crippen LogP contribution in [0.15, 0.2) is 40.8 Å². The molecule has 0 aromatic carbocycles. The Kier molecular flexibility index (Phi) is 4.61. The Morgan fingerprint density at radius 3 is 2.16 bits per heavy atom. The minimum Gasteiger partial charge on any atom is -0.498 e. The van der Waals surface area contributed by atoms with Crippen LogP contribution in [0, 0.1) is 5.41 Å². The maximum Gasteiger partial charge on any atom is 0.135 e. The molecule has 0 spiro atoms. The Bertz CT molecular complexity index is 436. The first-order valence-electron chi connectivity index (χ1n) is 6.48. The molecule has 2 unspecified atom stereocenters. The molecule has 1 aliphatic rings. The summed E-state index contributed by atoms with van der Waals surface area (Å²) in [5, 5.41) is 0. The van der Waals surface area contributed by atoms with Gasteiger partial charge in [-0.25, -0.2) is 0 Å². The van der Waals surface area contributed by atoms with Crippen LogP contribution in [0.1, 0.15) is 33.6 Å². The summed E-state index contributed by atoms with van der Waals surface area (Å²) in [6.07, 6.45) is 5.42. The van der Waals surface area contributed by atoms with Gasteiger partial charge >= 0.3 is 0 Å². The molecule has 19 heavy (non-hydrogen) atoms. The van der Waals surface area contributed by atoms with Crippen LogP contribution in [0.4, 0.5) is 0 Å². The van der Waals surface area contributed by atoms with E-state index >= 15 is 0 Å². The second-order valence-electron chi connectivity index (χ2n) is 5.40. The predicted octanol–water partition coefficient (Wildman–Crippen LogP) is 3.88. The van der Waals surface area contributed by atoms with Gasteiger partial charge < -0.3 is 9.47 Å². The first kappa shape index (κ1) is 15.5. The molecule has 0 amide bonds. The third kappa shape index (κ3) is 2.46. The van der Waals surface area contributed by atoms with Crippen molar-refractivity contribution >= 4 is 6.72 Å². The summed E-state index contributed by atoms with van der Waals surface area (Å²) in [4.78, 5) is 4.39. The van der Waals surface area contributed by atoms with E-state index in [4.69, 9.17) is 9.47 Å². The van der Waals surface area contributed by atoms with Crippen LogP contribution in [-0.4, -0.2) is 26.5 Å². The number of hydrogen-bond acceptors (Lipinski definition) is 3. The zero-order valence-corrected chi connectivity index (χ0v) is 12.7. The third-order valence-corrected chi connectivity index (χ3v) is 4.44. The number of ether oxygens (including phenoxy) is 2. The maximum atomic E-state index is 5.48. The Balaban J connectivity index is 3.34. The lowest BCUT2D eigenvalue weighted by Gasteiger charge is -2.48. The molecule has 0 bridgehead atoms. The van der Waals surface area contributed by atoms with Crippen LogP contribution in [0.5, 0.6) is 0 Å². The summed E-state index contributed by atoms with van der Waals surface area (Å²) >= 11 is 0. The van der Waals surface area contributed by atoms with Gasteiger partial charge in [0.25, 0.3) is 0 Å². The van der Waals surface area contributed by atoms with Crippen LogP contribution in [0.2, 0.25) is 0 Å². The largest absolute Gasteiger partial charge is 0.498 e. The Morgan fingerprint density at radius 1 is 1.21 bits per heavy atom. The molecule has 0 N–H and O–H groups in total. The summed E-state index contributed by atoms with van der Waals surface area (Å²) in [5.41, 5.74) is 0.459. The van der Waals surface area contributed by atoms with E-state index in [0.717, 1.165) is 17.1 Å². The third-order valence-electron chi connectivity index (χ3n) is 4.44. The van der Waals surface area contributed by atoms with Crippen molar-refractivity contribution in [2.45, 2.75) is 39.2 Å². The molecule has 0 heterocycles. The van der Waals surface area contributed by atoms with Gasteiger partial charge in [-0.3, -0.25) is 4.99 Å².